The molecule has 3 aromatic rings. The van der Waals surface area contributed by atoms with Crippen LogP contribution in [0.1, 0.15) is 36.5 Å². The highest BCUT2D eigenvalue weighted by Gasteiger charge is 2.21. The average Bonchev–Trinajstić information content (AvgIpc) is 3.12. The number of ether oxygens (including phenoxy) is 1. The van der Waals surface area contributed by atoms with Crippen LogP contribution >= 0.6 is 0 Å². The summed E-state index contributed by atoms with van der Waals surface area (Å²) in [5.74, 6) is 0.546. The fourth-order valence-electron chi connectivity index (χ4n) is 3.75. The summed E-state index contributed by atoms with van der Waals surface area (Å²) in [6.45, 7) is 4.15. The summed E-state index contributed by atoms with van der Waals surface area (Å²) in [5.41, 5.74) is 9.61. The minimum atomic E-state index is 0.0535. The van der Waals surface area contributed by atoms with Gasteiger partial charge in [-0.15, -0.1) is 0 Å². The van der Waals surface area contributed by atoms with Crippen LogP contribution in [0.4, 0.5) is 5.82 Å². The van der Waals surface area contributed by atoms with E-state index in [1.807, 2.05) is 54.3 Å². The lowest BCUT2D eigenvalue weighted by Gasteiger charge is -2.29. The molecule has 0 saturated carbocycles. The Labute approximate surface area is 164 Å². The molecule has 1 amide bonds. The van der Waals surface area contributed by atoms with Crippen molar-refractivity contribution in [2.75, 3.05) is 25.4 Å². The second kappa shape index (κ2) is 8.02. The number of aromatic nitrogens is 2. The van der Waals surface area contributed by atoms with Gasteiger partial charge in [-0.1, -0.05) is 18.2 Å². The van der Waals surface area contributed by atoms with E-state index in [9.17, 15) is 4.79 Å². The van der Waals surface area contributed by atoms with E-state index in [0.717, 1.165) is 41.5 Å². The number of aromatic amines is 1. The molecule has 1 aromatic heterocycles. The first kappa shape index (κ1) is 18.5. The predicted molar refractivity (Wildman–Crippen MR) is 111 cm³/mol. The van der Waals surface area contributed by atoms with Crippen LogP contribution in [0.3, 0.4) is 0 Å². The van der Waals surface area contributed by atoms with Crippen molar-refractivity contribution in [3.63, 3.8) is 0 Å². The van der Waals surface area contributed by atoms with Crippen molar-refractivity contribution in [1.82, 2.24) is 15.1 Å². The maximum absolute atomic E-state index is 12.9. The van der Waals surface area contributed by atoms with Gasteiger partial charge in [-0.05, 0) is 61.6 Å². The lowest BCUT2D eigenvalue weighted by Crippen LogP contribution is -2.39. The van der Waals surface area contributed by atoms with Crippen LogP contribution in [-0.4, -0.2) is 46.8 Å². The quantitative estimate of drug-likeness (QED) is 0.706. The van der Waals surface area contributed by atoms with E-state index >= 15 is 0 Å². The van der Waals surface area contributed by atoms with Gasteiger partial charge in [0.25, 0.3) is 5.91 Å². The molecule has 2 heterocycles. The number of carbonyl (C=O) groups is 1. The van der Waals surface area contributed by atoms with Crippen LogP contribution in [-0.2, 0) is 4.74 Å². The van der Waals surface area contributed by atoms with Gasteiger partial charge in [0, 0.05) is 30.6 Å². The number of hydrogen-bond donors (Lipinski definition) is 2. The number of benzene rings is 2. The molecule has 28 heavy (non-hydrogen) atoms. The molecule has 6 nitrogen and oxygen atoms in total. The van der Waals surface area contributed by atoms with Crippen LogP contribution < -0.4 is 5.73 Å². The van der Waals surface area contributed by atoms with Crippen LogP contribution in [0.2, 0.25) is 0 Å². The standard InChI is InChI=1S/C22H26N4O2/c1-2-26(14-18-5-3-4-12-28-18)22(27)16-8-6-15(7-9-16)17-10-11-20-19(13-17)21(23)25-24-20/h6-11,13,18H,2-5,12,14H2,1H3,(H3,23,24,25)/t18-/m0/s1. The zero-order valence-corrected chi connectivity index (χ0v) is 16.1. The SMILES string of the molecule is CCN(C[C@@H]1CCCCO1)C(=O)c1ccc(-c2ccc3[nH]nc(N)c3c2)cc1. The molecule has 0 spiro atoms. The number of nitrogens with zero attached hydrogens (tertiary/aromatic N) is 2. The Kier molecular flexibility index (Phi) is 5.30. The van der Waals surface area contributed by atoms with E-state index in [4.69, 9.17) is 10.5 Å². The van der Waals surface area contributed by atoms with Crippen molar-refractivity contribution in [2.24, 2.45) is 0 Å². The normalized spacial score (nSPS) is 17.0. The fourth-order valence-corrected chi connectivity index (χ4v) is 3.75. The summed E-state index contributed by atoms with van der Waals surface area (Å²) in [6, 6.07) is 13.8. The molecular formula is C22H26N4O2. The largest absolute Gasteiger partial charge is 0.382 e. The van der Waals surface area contributed by atoms with Gasteiger partial charge >= 0.3 is 0 Å². The summed E-state index contributed by atoms with van der Waals surface area (Å²) >= 11 is 0. The van der Waals surface area contributed by atoms with Crippen molar-refractivity contribution in [2.45, 2.75) is 32.3 Å². The Hall–Kier alpha value is -2.86. The van der Waals surface area contributed by atoms with Crippen molar-refractivity contribution in [3.05, 3.63) is 48.0 Å². The summed E-state index contributed by atoms with van der Waals surface area (Å²) in [4.78, 5) is 14.8. The first-order chi connectivity index (χ1) is 13.7. The zero-order valence-electron chi connectivity index (χ0n) is 16.1. The van der Waals surface area contributed by atoms with Gasteiger partial charge in [-0.3, -0.25) is 9.89 Å². The van der Waals surface area contributed by atoms with E-state index in [1.54, 1.807) is 0 Å². The zero-order chi connectivity index (χ0) is 19.5. The first-order valence-corrected chi connectivity index (χ1v) is 9.90. The van der Waals surface area contributed by atoms with E-state index < -0.39 is 0 Å². The molecule has 4 rings (SSSR count). The number of amides is 1. The Morgan fingerprint density at radius 1 is 1.21 bits per heavy atom. The molecule has 1 atom stereocenters. The van der Waals surface area contributed by atoms with E-state index in [2.05, 4.69) is 10.2 Å². The lowest BCUT2D eigenvalue weighted by atomic mass is 10.0. The summed E-state index contributed by atoms with van der Waals surface area (Å²) in [5, 5.41) is 7.85. The van der Waals surface area contributed by atoms with Crippen molar-refractivity contribution >= 4 is 22.6 Å². The lowest BCUT2D eigenvalue weighted by molar-refractivity contribution is -0.00311. The number of rotatable bonds is 5. The number of hydrogen-bond acceptors (Lipinski definition) is 4. The molecule has 146 valence electrons. The first-order valence-electron chi connectivity index (χ1n) is 9.90. The van der Waals surface area contributed by atoms with Crippen molar-refractivity contribution in [3.8, 4) is 11.1 Å². The molecule has 0 aliphatic carbocycles. The topological polar surface area (TPSA) is 84.2 Å². The van der Waals surface area contributed by atoms with Gasteiger partial charge in [0.05, 0.1) is 11.6 Å². The van der Waals surface area contributed by atoms with Gasteiger partial charge in [0.1, 0.15) is 0 Å². The molecule has 1 aliphatic rings. The van der Waals surface area contributed by atoms with Crippen LogP contribution in [0.15, 0.2) is 42.5 Å². The number of nitrogens with two attached hydrogens (primary N) is 1. The Morgan fingerprint density at radius 3 is 2.71 bits per heavy atom. The van der Waals surface area contributed by atoms with Gasteiger partial charge in [-0.2, -0.15) is 5.10 Å². The number of anilines is 1. The molecule has 0 radical (unpaired) electrons. The molecule has 1 aliphatic heterocycles. The number of fused-ring (bicyclic) bond motifs is 1. The highest BCUT2D eigenvalue weighted by molar-refractivity contribution is 5.95. The number of nitrogen functional groups attached to an aromatic ring is 1. The van der Waals surface area contributed by atoms with Crippen molar-refractivity contribution < 1.29 is 9.53 Å². The Morgan fingerprint density at radius 2 is 2.00 bits per heavy atom. The summed E-state index contributed by atoms with van der Waals surface area (Å²) in [7, 11) is 0. The molecular weight excluding hydrogens is 352 g/mol. The fraction of sp³-hybridized carbons (Fsp3) is 0.364. The highest BCUT2D eigenvalue weighted by atomic mass is 16.5. The Balaban J connectivity index is 1.50. The third kappa shape index (κ3) is 3.73. The van der Waals surface area contributed by atoms with Gasteiger partial charge < -0.3 is 15.4 Å². The van der Waals surface area contributed by atoms with Crippen molar-refractivity contribution in [1.29, 1.82) is 0 Å². The highest BCUT2D eigenvalue weighted by Crippen LogP contribution is 2.27. The molecule has 0 bridgehead atoms. The summed E-state index contributed by atoms with van der Waals surface area (Å²) in [6.07, 6.45) is 3.48. The van der Waals surface area contributed by atoms with E-state index in [1.165, 1.54) is 6.42 Å². The van der Waals surface area contributed by atoms with Crippen LogP contribution in [0, 0.1) is 0 Å². The Bertz CT molecular complexity index is 958. The van der Waals surface area contributed by atoms with Gasteiger partial charge in [-0.25, -0.2) is 0 Å². The molecule has 6 heteroatoms. The smallest absolute Gasteiger partial charge is 0.253 e. The molecule has 2 aromatic carbocycles. The molecule has 1 saturated heterocycles. The maximum atomic E-state index is 12.9. The monoisotopic (exact) mass is 378 g/mol. The van der Waals surface area contributed by atoms with Crippen LogP contribution in [0.25, 0.3) is 22.0 Å². The molecule has 3 N–H and O–H groups in total. The average molecular weight is 378 g/mol. The molecule has 1 fully saturated rings. The second-order valence-corrected chi connectivity index (χ2v) is 7.28. The number of nitrogens with one attached hydrogen (secondary N) is 1. The maximum Gasteiger partial charge on any atom is 0.253 e. The van der Waals surface area contributed by atoms with E-state index in [-0.39, 0.29) is 12.0 Å². The predicted octanol–water partition coefficient (Wildman–Crippen LogP) is 3.84. The minimum absolute atomic E-state index is 0.0535. The third-order valence-corrected chi connectivity index (χ3v) is 5.42. The van der Waals surface area contributed by atoms with Gasteiger partial charge in [0.15, 0.2) is 5.82 Å². The number of carbonyl (C=O) groups excluding carboxylic acids is 1. The van der Waals surface area contributed by atoms with Gasteiger partial charge in [0.2, 0.25) is 0 Å². The minimum Gasteiger partial charge on any atom is -0.382 e. The summed E-state index contributed by atoms with van der Waals surface area (Å²) < 4.78 is 5.80. The molecule has 0 unspecified atom stereocenters. The number of H-pyrrole nitrogens is 1. The van der Waals surface area contributed by atoms with E-state index in [0.29, 0.717) is 24.5 Å². The van der Waals surface area contributed by atoms with Crippen LogP contribution in [0.5, 0.6) is 0 Å². The third-order valence-electron chi connectivity index (χ3n) is 5.42. The number of likely N-dealkylation sites (N-methyl/N-ethyl adjacent to an activating group) is 1. The second-order valence-electron chi connectivity index (χ2n) is 7.28.